The molecule has 0 aliphatic heterocycles. The van der Waals surface area contributed by atoms with E-state index in [0.29, 0.717) is 10.3 Å². The molecular formula is C13H14Br2N2O2S2. The average molecular weight is 454 g/mol. The number of halogens is 2. The highest BCUT2D eigenvalue weighted by atomic mass is 79.9. The lowest BCUT2D eigenvalue weighted by Crippen LogP contribution is -2.23. The molecule has 0 radical (unpaired) electrons. The van der Waals surface area contributed by atoms with E-state index >= 15 is 0 Å². The van der Waals surface area contributed by atoms with E-state index in [0.717, 1.165) is 14.9 Å². The summed E-state index contributed by atoms with van der Waals surface area (Å²) in [6.07, 6.45) is 0. The maximum absolute atomic E-state index is 12.3. The van der Waals surface area contributed by atoms with Crippen LogP contribution in [0.1, 0.15) is 10.4 Å². The van der Waals surface area contributed by atoms with Crippen LogP contribution in [0.15, 0.2) is 43.5 Å². The molecule has 0 unspecified atom stereocenters. The first-order valence-electron chi connectivity index (χ1n) is 6.09. The van der Waals surface area contributed by atoms with Crippen molar-refractivity contribution in [2.45, 2.75) is 18.0 Å². The highest BCUT2D eigenvalue weighted by Gasteiger charge is 2.20. The number of rotatable bonds is 6. The maximum atomic E-state index is 12.3. The molecule has 1 heterocycles. The minimum atomic E-state index is -3.52. The molecule has 0 saturated heterocycles. The predicted octanol–water partition coefficient (Wildman–Crippen LogP) is 3.47. The second-order valence-electron chi connectivity index (χ2n) is 4.33. The molecule has 4 nitrogen and oxygen atoms in total. The van der Waals surface area contributed by atoms with Gasteiger partial charge >= 0.3 is 0 Å². The minimum Gasteiger partial charge on any atom is -0.315 e. The van der Waals surface area contributed by atoms with Crippen LogP contribution in [0.4, 0.5) is 0 Å². The monoisotopic (exact) mass is 452 g/mol. The van der Waals surface area contributed by atoms with Gasteiger partial charge in [0.05, 0.1) is 3.79 Å². The highest BCUT2D eigenvalue weighted by Crippen LogP contribution is 2.31. The lowest BCUT2D eigenvalue weighted by atomic mass is 10.2. The van der Waals surface area contributed by atoms with Crippen LogP contribution in [0.25, 0.3) is 0 Å². The first-order valence-corrected chi connectivity index (χ1v) is 9.98. The second-order valence-corrected chi connectivity index (χ2v) is 9.44. The smallest absolute Gasteiger partial charge is 0.242 e. The van der Waals surface area contributed by atoms with Gasteiger partial charge in [-0.15, -0.1) is 11.3 Å². The van der Waals surface area contributed by atoms with Crippen molar-refractivity contribution in [1.29, 1.82) is 0 Å². The summed E-state index contributed by atoms with van der Waals surface area (Å²) in [4.78, 5) is 1.25. The first kappa shape index (κ1) is 17.1. The van der Waals surface area contributed by atoms with Crippen molar-refractivity contribution in [1.82, 2.24) is 10.0 Å². The van der Waals surface area contributed by atoms with E-state index in [1.807, 2.05) is 31.3 Å². The Kier molecular flexibility index (Phi) is 5.98. The third-order valence-corrected chi connectivity index (χ3v) is 6.91. The zero-order valence-corrected chi connectivity index (χ0v) is 16.0. The van der Waals surface area contributed by atoms with Gasteiger partial charge in [-0.3, -0.25) is 0 Å². The molecule has 0 fully saturated rings. The van der Waals surface area contributed by atoms with Crippen LogP contribution in [0, 0.1) is 0 Å². The largest absolute Gasteiger partial charge is 0.315 e. The quantitative estimate of drug-likeness (QED) is 0.703. The fourth-order valence-corrected chi connectivity index (χ4v) is 5.68. The number of thiophene rings is 1. The van der Waals surface area contributed by atoms with Gasteiger partial charge in [0.2, 0.25) is 10.0 Å². The van der Waals surface area contributed by atoms with Crippen molar-refractivity contribution in [3.8, 4) is 0 Å². The second kappa shape index (κ2) is 7.34. The normalized spacial score (nSPS) is 11.8. The Morgan fingerprint density at radius 2 is 1.81 bits per heavy atom. The topological polar surface area (TPSA) is 58.2 Å². The van der Waals surface area contributed by atoms with Crippen molar-refractivity contribution >= 4 is 53.2 Å². The van der Waals surface area contributed by atoms with Crippen LogP contribution in [0.2, 0.25) is 0 Å². The molecule has 21 heavy (non-hydrogen) atoms. The van der Waals surface area contributed by atoms with Gasteiger partial charge in [-0.05, 0) is 46.7 Å². The number of hydrogen-bond donors (Lipinski definition) is 2. The molecule has 2 rings (SSSR count). The molecule has 1 aromatic carbocycles. The molecule has 0 aliphatic carbocycles. The lowest BCUT2D eigenvalue weighted by Gasteiger charge is -2.06. The zero-order chi connectivity index (χ0) is 15.5. The summed E-state index contributed by atoms with van der Waals surface area (Å²) in [5, 5.41) is 3.01. The van der Waals surface area contributed by atoms with E-state index in [2.05, 4.69) is 41.9 Å². The summed E-state index contributed by atoms with van der Waals surface area (Å²) < 4.78 is 28.9. The standard InChI is InChI=1S/C13H14Br2N2O2S2/c1-16-8-11-6-12(13(15)20-11)21(18,19)17-7-9-2-4-10(14)5-3-9/h2-6,16-17H,7-8H2,1H3. The van der Waals surface area contributed by atoms with Crippen molar-refractivity contribution in [2.75, 3.05) is 7.05 Å². The zero-order valence-electron chi connectivity index (χ0n) is 11.2. The Morgan fingerprint density at radius 1 is 1.14 bits per heavy atom. The van der Waals surface area contributed by atoms with Gasteiger partial charge < -0.3 is 5.32 Å². The Hall–Kier alpha value is -0.250. The van der Waals surface area contributed by atoms with Crippen LogP contribution in [-0.4, -0.2) is 15.5 Å². The van der Waals surface area contributed by atoms with E-state index in [-0.39, 0.29) is 11.4 Å². The molecule has 0 spiro atoms. The van der Waals surface area contributed by atoms with Crippen molar-refractivity contribution < 1.29 is 8.42 Å². The lowest BCUT2D eigenvalue weighted by molar-refractivity contribution is 0.581. The number of sulfonamides is 1. The molecule has 0 aliphatic rings. The molecule has 0 amide bonds. The predicted molar refractivity (Wildman–Crippen MR) is 93.0 cm³/mol. The van der Waals surface area contributed by atoms with E-state index in [1.54, 1.807) is 6.07 Å². The van der Waals surface area contributed by atoms with Crippen LogP contribution in [-0.2, 0) is 23.1 Å². The number of hydrogen-bond acceptors (Lipinski definition) is 4. The van der Waals surface area contributed by atoms with E-state index in [9.17, 15) is 8.42 Å². The van der Waals surface area contributed by atoms with Gasteiger partial charge in [-0.1, -0.05) is 28.1 Å². The molecule has 2 N–H and O–H groups in total. The SMILES string of the molecule is CNCc1cc(S(=O)(=O)NCc2ccc(Br)cc2)c(Br)s1. The average Bonchev–Trinajstić information content (AvgIpc) is 2.80. The fourth-order valence-electron chi connectivity index (χ4n) is 1.70. The Balaban J connectivity index is 2.12. The Bertz CT molecular complexity index is 712. The van der Waals surface area contributed by atoms with Gasteiger partial charge in [0.15, 0.2) is 0 Å². The van der Waals surface area contributed by atoms with Crippen molar-refractivity contribution in [3.05, 3.63) is 49.0 Å². The third kappa shape index (κ3) is 4.61. The molecular weight excluding hydrogens is 440 g/mol. The van der Waals surface area contributed by atoms with E-state index in [1.165, 1.54) is 11.3 Å². The summed E-state index contributed by atoms with van der Waals surface area (Å²) in [7, 11) is -1.70. The molecule has 0 atom stereocenters. The van der Waals surface area contributed by atoms with Gasteiger partial charge in [0.25, 0.3) is 0 Å². The van der Waals surface area contributed by atoms with Crippen LogP contribution in [0.5, 0.6) is 0 Å². The summed E-state index contributed by atoms with van der Waals surface area (Å²) in [6.45, 7) is 0.907. The molecule has 0 bridgehead atoms. The molecule has 1 aromatic heterocycles. The molecule has 2 aromatic rings. The van der Waals surface area contributed by atoms with Crippen molar-refractivity contribution in [3.63, 3.8) is 0 Å². The van der Waals surface area contributed by atoms with Gasteiger partial charge in [0, 0.05) is 22.4 Å². The Morgan fingerprint density at radius 3 is 2.43 bits per heavy atom. The first-order chi connectivity index (χ1) is 9.92. The summed E-state index contributed by atoms with van der Waals surface area (Å²) in [5.41, 5.74) is 0.906. The maximum Gasteiger partial charge on any atom is 0.242 e. The number of benzene rings is 1. The summed E-state index contributed by atoms with van der Waals surface area (Å²) in [5.74, 6) is 0. The number of nitrogens with one attached hydrogen (secondary N) is 2. The fraction of sp³-hybridized carbons (Fsp3) is 0.231. The van der Waals surface area contributed by atoms with E-state index in [4.69, 9.17) is 0 Å². The molecule has 8 heteroatoms. The Labute approximate surface area is 145 Å². The molecule has 0 saturated carbocycles. The third-order valence-electron chi connectivity index (χ3n) is 2.73. The van der Waals surface area contributed by atoms with Crippen LogP contribution in [0.3, 0.4) is 0 Å². The summed E-state index contributed by atoms with van der Waals surface area (Å²) in [6, 6.07) is 9.21. The van der Waals surface area contributed by atoms with Crippen LogP contribution >= 0.6 is 43.2 Å². The minimum absolute atomic E-state index is 0.263. The summed E-state index contributed by atoms with van der Waals surface area (Å²) >= 11 is 8.09. The van der Waals surface area contributed by atoms with E-state index < -0.39 is 10.0 Å². The van der Waals surface area contributed by atoms with Crippen molar-refractivity contribution in [2.24, 2.45) is 0 Å². The van der Waals surface area contributed by atoms with Crippen LogP contribution < -0.4 is 10.0 Å². The van der Waals surface area contributed by atoms with Gasteiger partial charge in [-0.25, -0.2) is 13.1 Å². The molecule has 114 valence electrons. The van der Waals surface area contributed by atoms with Gasteiger partial charge in [-0.2, -0.15) is 0 Å². The highest BCUT2D eigenvalue weighted by molar-refractivity contribution is 9.11. The van der Waals surface area contributed by atoms with Gasteiger partial charge in [0.1, 0.15) is 4.90 Å².